The van der Waals surface area contributed by atoms with Gasteiger partial charge in [0.1, 0.15) is 0 Å². The van der Waals surface area contributed by atoms with Gasteiger partial charge in [-0.15, -0.1) is 10.2 Å². The first kappa shape index (κ1) is 21.9. The Morgan fingerprint density at radius 3 is 2.52 bits per heavy atom. The lowest BCUT2D eigenvalue weighted by atomic mass is 9.78. The summed E-state index contributed by atoms with van der Waals surface area (Å²) in [5.74, 6) is 2.48. The molecular weight excluding hydrogens is 380 g/mol. The maximum atomic E-state index is 12.5. The molecule has 1 amide bonds. The Morgan fingerprint density at radius 1 is 1.17 bits per heavy atom. The maximum absolute atomic E-state index is 12.5. The second-order valence-corrected chi connectivity index (χ2v) is 10.4. The second-order valence-electron chi connectivity index (χ2n) is 9.42. The number of rotatable bonds is 5. The number of amides is 1. The predicted molar refractivity (Wildman–Crippen MR) is 120 cm³/mol. The van der Waals surface area contributed by atoms with Crippen molar-refractivity contribution >= 4 is 17.7 Å². The van der Waals surface area contributed by atoms with E-state index in [4.69, 9.17) is 0 Å². The summed E-state index contributed by atoms with van der Waals surface area (Å²) in [5.41, 5.74) is 2.45. The van der Waals surface area contributed by atoms with Crippen molar-refractivity contribution in [2.45, 2.75) is 70.5 Å². The molecule has 29 heavy (non-hydrogen) atoms. The Balaban J connectivity index is 1.60. The summed E-state index contributed by atoms with van der Waals surface area (Å²) in [6, 6.07) is 8.78. The van der Waals surface area contributed by atoms with E-state index in [9.17, 15) is 4.79 Å². The molecule has 0 unspecified atom stereocenters. The number of thioether (sulfide) groups is 1. The van der Waals surface area contributed by atoms with Crippen LogP contribution in [0.4, 0.5) is 0 Å². The van der Waals surface area contributed by atoms with Crippen molar-refractivity contribution in [3.63, 3.8) is 0 Å². The lowest BCUT2D eigenvalue weighted by molar-refractivity contribution is -0.120. The highest BCUT2D eigenvalue weighted by molar-refractivity contribution is 7.99. The standard InChI is InChI=1S/C23H34N4OS/c1-15-8-7-9-19(16(15)2)24-20(28)14-29-22-26-25-21(27(22)6)17-10-12-18(13-11-17)23(3,4)5/h10-13,15-16,19H,7-9,14H2,1-6H3,(H,24,28)/t15-,16-,19-/m1/s1. The van der Waals surface area contributed by atoms with Gasteiger partial charge in [-0.3, -0.25) is 4.79 Å². The van der Waals surface area contributed by atoms with Crippen molar-refractivity contribution in [1.82, 2.24) is 20.1 Å². The predicted octanol–water partition coefficient (Wildman–Crippen LogP) is 4.81. The number of nitrogens with zero attached hydrogens (tertiary/aromatic N) is 3. The lowest BCUT2D eigenvalue weighted by Gasteiger charge is -2.34. The van der Waals surface area contributed by atoms with Crippen LogP contribution >= 0.6 is 11.8 Å². The Hall–Kier alpha value is -1.82. The van der Waals surface area contributed by atoms with Gasteiger partial charge >= 0.3 is 0 Å². The van der Waals surface area contributed by atoms with Gasteiger partial charge in [0, 0.05) is 18.7 Å². The third kappa shape index (κ3) is 5.21. The van der Waals surface area contributed by atoms with E-state index in [0.29, 0.717) is 23.6 Å². The van der Waals surface area contributed by atoms with Crippen LogP contribution < -0.4 is 5.32 Å². The molecule has 0 spiro atoms. The molecule has 0 radical (unpaired) electrons. The molecule has 158 valence electrons. The number of hydrogen-bond donors (Lipinski definition) is 1. The Bertz CT molecular complexity index is 838. The van der Waals surface area contributed by atoms with Crippen molar-refractivity contribution < 1.29 is 4.79 Å². The zero-order valence-electron chi connectivity index (χ0n) is 18.5. The smallest absolute Gasteiger partial charge is 0.230 e. The molecule has 1 saturated carbocycles. The Kier molecular flexibility index (Phi) is 6.72. The summed E-state index contributed by atoms with van der Waals surface area (Å²) in [6.45, 7) is 11.2. The minimum atomic E-state index is 0.0834. The van der Waals surface area contributed by atoms with E-state index in [0.717, 1.165) is 23.0 Å². The first-order chi connectivity index (χ1) is 13.7. The lowest BCUT2D eigenvalue weighted by Crippen LogP contribution is -2.44. The van der Waals surface area contributed by atoms with E-state index in [1.165, 1.54) is 30.2 Å². The van der Waals surface area contributed by atoms with Gasteiger partial charge in [0.15, 0.2) is 11.0 Å². The molecule has 1 aliphatic carbocycles. The minimum absolute atomic E-state index is 0.0834. The molecule has 0 saturated heterocycles. The van der Waals surface area contributed by atoms with Gasteiger partial charge in [-0.25, -0.2) is 0 Å². The van der Waals surface area contributed by atoms with Crippen molar-refractivity contribution in [2.75, 3.05) is 5.75 Å². The monoisotopic (exact) mass is 414 g/mol. The number of nitrogens with one attached hydrogen (secondary N) is 1. The Morgan fingerprint density at radius 2 is 1.86 bits per heavy atom. The van der Waals surface area contributed by atoms with Gasteiger partial charge in [0.2, 0.25) is 5.91 Å². The van der Waals surface area contributed by atoms with Crippen LogP contribution in [0.15, 0.2) is 29.4 Å². The molecule has 3 atom stereocenters. The summed E-state index contributed by atoms with van der Waals surface area (Å²) in [4.78, 5) is 12.5. The molecule has 3 rings (SSSR count). The van der Waals surface area contributed by atoms with Crippen molar-refractivity contribution in [3.05, 3.63) is 29.8 Å². The topological polar surface area (TPSA) is 59.8 Å². The molecule has 1 aromatic carbocycles. The van der Waals surface area contributed by atoms with Crippen molar-refractivity contribution in [3.8, 4) is 11.4 Å². The largest absolute Gasteiger partial charge is 0.352 e. The molecule has 6 heteroatoms. The summed E-state index contributed by atoms with van der Waals surface area (Å²) in [6.07, 6.45) is 3.55. The summed E-state index contributed by atoms with van der Waals surface area (Å²) in [5, 5.41) is 12.7. The maximum Gasteiger partial charge on any atom is 0.230 e. The number of benzene rings is 1. The van der Waals surface area contributed by atoms with Crippen LogP contribution in [-0.4, -0.2) is 32.5 Å². The van der Waals surface area contributed by atoms with Crippen LogP contribution in [0.2, 0.25) is 0 Å². The van der Waals surface area contributed by atoms with E-state index in [-0.39, 0.29) is 11.3 Å². The summed E-state index contributed by atoms with van der Waals surface area (Å²) in [7, 11) is 1.96. The number of hydrogen-bond acceptors (Lipinski definition) is 4. The first-order valence-corrected chi connectivity index (χ1v) is 11.6. The van der Waals surface area contributed by atoms with Gasteiger partial charge in [-0.1, -0.05) is 83.5 Å². The van der Waals surface area contributed by atoms with Crippen LogP contribution in [0.3, 0.4) is 0 Å². The highest BCUT2D eigenvalue weighted by Crippen LogP contribution is 2.30. The number of carbonyl (C=O) groups is 1. The SMILES string of the molecule is C[C@@H]1[C@H](C)CCC[C@H]1NC(=O)CSc1nnc(-c2ccc(C(C)(C)C)cc2)n1C. The third-order valence-corrected chi connectivity index (χ3v) is 7.25. The van der Waals surface area contributed by atoms with E-state index < -0.39 is 0 Å². The van der Waals surface area contributed by atoms with E-state index in [1.807, 2.05) is 11.6 Å². The molecule has 1 aromatic heterocycles. The van der Waals surface area contributed by atoms with Crippen molar-refractivity contribution in [2.24, 2.45) is 18.9 Å². The average molecular weight is 415 g/mol. The minimum Gasteiger partial charge on any atom is -0.352 e. The number of carbonyl (C=O) groups excluding carboxylic acids is 1. The zero-order valence-corrected chi connectivity index (χ0v) is 19.3. The van der Waals surface area contributed by atoms with Gasteiger partial charge in [0.25, 0.3) is 0 Å². The molecule has 1 aliphatic rings. The molecule has 0 aliphatic heterocycles. The van der Waals surface area contributed by atoms with Gasteiger partial charge in [-0.2, -0.15) is 0 Å². The zero-order chi connectivity index (χ0) is 21.2. The van der Waals surface area contributed by atoms with Crippen LogP contribution in [0.1, 0.15) is 59.4 Å². The Labute approximate surface area is 179 Å². The summed E-state index contributed by atoms with van der Waals surface area (Å²) >= 11 is 1.45. The summed E-state index contributed by atoms with van der Waals surface area (Å²) < 4.78 is 1.97. The first-order valence-electron chi connectivity index (χ1n) is 10.6. The third-order valence-electron chi connectivity index (χ3n) is 6.23. The fourth-order valence-corrected chi connectivity index (χ4v) is 4.70. The van der Waals surface area contributed by atoms with Gasteiger partial charge in [-0.05, 0) is 29.2 Å². The molecule has 1 heterocycles. The quantitative estimate of drug-likeness (QED) is 0.713. The molecule has 1 N–H and O–H groups in total. The molecule has 5 nitrogen and oxygen atoms in total. The van der Waals surface area contributed by atoms with Crippen LogP contribution in [-0.2, 0) is 17.3 Å². The van der Waals surface area contributed by atoms with Crippen LogP contribution in [0, 0.1) is 11.8 Å². The second kappa shape index (κ2) is 8.90. The average Bonchev–Trinajstić information content (AvgIpc) is 3.04. The van der Waals surface area contributed by atoms with Crippen molar-refractivity contribution in [1.29, 1.82) is 0 Å². The van der Waals surface area contributed by atoms with E-state index >= 15 is 0 Å². The van der Waals surface area contributed by atoms with Crippen LogP contribution in [0.5, 0.6) is 0 Å². The highest BCUT2D eigenvalue weighted by Gasteiger charge is 2.28. The van der Waals surface area contributed by atoms with Gasteiger partial charge in [0.05, 0.1) is 5.75 Å². The number of aromatic nitrogens is 3. The van der Waals surface area contributed by atoms with E-state index in [2.05, 4.69) is 74.4 Å². The highest BCUT2D eigenvalue weighted by atomic mass is 32.2. The molecule has 1 fully saturated rings. The fraction of sp³-hybridized carbons (Fsp3) is 0.609. The molecule has 0 bridgehead atoms. The van der Waals surface area contributed by atoms with Gasteiger partial charge < -0.3 is 9.88 Å². The molecular formula is C23H34N4OS. The van der Waals surface area contributed by atoms with Crippen LogP contribution in [0.25, 0.3) is 11.4 Å². The fourth-order valence-electron chi connectivity index (χ4n) is 3.98. The molecule has 2 aromatic rings. The normalized spacial score (nSPS) is 22.5. The van der Waals surface area contributed by atoms with E-state index in [1.54, 1.807) is 0 Å².